The van der Waals surface area contributed by atoms with E-state index in [9.17, 15) is 19.1 Å². The molecule has 0 saturated heterocycles. The third kappa shape index (κ3) is 3.46. The summed E-state index contributed by atoms with van der Waals surface area (Å²) in [4.78, 5) is 37.1. The van der Waals surface area contributed by atoms with Crippen LogP contribution >= 0.6 is 41.9 Å². The third-order valence-corrected chi connectivity index (χ3v) is 7.46. The summed E-state index contributed by atoms with van der Waals surface area (Å²) in [5, 5.41) is 3.24. The number of anilines is 1. The van der Waals surface area contributed by atoms with Crippen molar-refractivity contribution < 1.29 is 19.1 Å². The minimum absolute atomic E-state index is 0.200. The first-order valence-corrected chi connectivity index (χ1v) is 11.7. The van der Waals surface area contributed by atoms with E-state index in [4.69, 9.17) is 17.4 Å². The van der Waals surface area contributed by atoms with Crippen molar-refractivity contribution in [2.24, 2.45) is 5.84 Å². The van der Waals surface area contributed by atoms with Crippen LogP contribution in [0.1, 0.15) is 11.2 Å². The Kier molecular flexibility index (Phi) is 5.01. The van der Waals surface area contributed by atoms with Crippen molar-refractivity contribution in [2.45, 2.75) is 5.66 Å². The van der Waals surface area contributed by atoms with Gasteiger partial charge in [0, 0.05) is 9.72 Å². The number of nitrogens with zero attached hydrogens (tertiary/aromatic N) is 2. The number of amides is 1. The van der Waals surface area contributed by atoms with E-state index in [-0.39, 0.29) is 5.56 Å². The normalized spacial score (nSPS) is 13.1. The van der Waals surface area contributed by atoms with Crippen LogP contribution in [0, 0.1) is 0 Å². The van der Waals surface area contributed by atoms with Crippen molar-refractivity contribution in [2.75, 3.05) is 5.01 Å². The number of carbonyl (C=O) groups is 1. The molecule has 2 heterocycles. The molecule has 0 spiro atoms. The molecule has 28 heavy (non-hydrogen) atoms. The number of rotatable bonds is 4. The number of carbonyl (C=O) groups excluding carboxylic acids is 1. The van der Waals surface area contributed by atoms with Crippen LogP contribution in [0.15, 0.2) is 47.3 Å². The summed E-state index contributed by atoms with van der Waals surface area (Å²) in [6, 6.07) is 9.96. The highest BCUT2D eigenvalue weighted by Crippen LogP contribution is 2.55. The summed E-state index contributed by atoms with van der Waals surface area (Å²) in [6.45, 7) is 0. The lowest BCUT2D eigenvalue weighted by Gasteiger charge is -2.24. The van der Waals surface area contributed by atoms with Gasteiger partial charge in [0.1, 0.15) is 0 Å². The largest absolute Gasteiger partial charge is 0.342 e. The average molecular weight is 454 g/mol. The molecule has 2 aromatic carbocycles. The van der Waals surface area contributed by atoms with Gasteiger partial charge in [-0.1, -0.05) is 11.6 Å². The SMILES string of the molecule is NN(C(=O)C(c1csc2ccc(Cl)cc12)P(=O)(O)O)c1ccc2scnc2c1. The topological polar surface area (TPSA) is 117 Å². The third-order valence-electron chi connectivity index (χ3n) is 4.26. The molecular formula is C17H13ClN3O4PS2. The summed E-state index contributed by atoms with van der Waals surface area (Å²) in [7, 11) is -4.87. The number of fused-ring (bicyclic) bond motifs is 2. The highest BCUT2D eigenvalue weighted by Gasteiger charge is 2.41. The van der Waals surface area contributed by atoms with Gasteiger partial charge in [0.2, 0.25) is 0 Å². The van der Waals surface area contributed by atoms with E-state index in [0.29, 0.717) is 21.6 Å². The number of thiophene rings is 1. The average Bonchev–Trinajstić information content (AvgIpc) is 3.26. The Bertz CT molecular complexity index is 1250. The molecule has 4 N–H and O–H groups in total. The Morgan fingerprint density at radius 2 is 1.93 bits per heavy atom. The maximum Gasteiger partial charge on any atom is 0.342 e. The van der Waals surface area contributed by atoms with Crippen LogP contribution in [0.3, 0.4) is 0 Å². The van der Waals surface area contributed by atoms with E-state index in [1.54, 1.807) is 47.3 Å². The number of halogens is 1. The van der Waals surface area contributed by atoms with Crippen molar-refractivity contribution in [3.63, 3.8) is 0 Å². The molecule has 0 fully saturated rings. The van der Waals surface area contributed by atoms with Gasteiger partial charge in [0.25, 0.3) is 5.91 Å². The molecular weight excluding hydrogens is 441 g/mol. The smallest absolute Gasteiger partial charge is 0.324 e. The summed E-state index contributed by atoms with van der Waals surface area (Å²) < 4.78 is 13.9. The van der Waals surface area contributed by atoms with Crippen LogP contribution in [0.2, 0.25) is 5.02 Å². The van der Waals surface area contributed by atoms with E-state index in [1.165, 1.54) is 22.7 Å². The molecule has 7 nitrogen and oxygen atoms in total. The van der Waals surface area contributed by atoms with Crippen molar-refractivity contribution in [3.8, 4) is 0 Å². The molecule has 1 atom stereocenters. The highest BCUT2D eigenvalue weighted by molar-refractivity contribution is 7.53. The van der Waals surface area contributed by atoms with Crippen LogP contribution in [-0.4, -0.2) is 20.7 Å². The molecule has 2 aromatic heterocycles. The standard InChI is InChI=1S/C17H13ClN3O4PS2/c18-9-1-3-14-11(5-9)12(7-27-14)16(26(23,24)25)17(22)21(19)10-2-4-15-13(6-10)20-8-28-15/h1-8,16H,19H2,(H2,23,24,25). The van der Waals surface area contributed by atoms with Crippen molar-refractivity contribution in [1.29, 1.82) is 0 Å². The maximum absolute atomic E-state index is 13.1. The first-order valence-electron chi connectivity index (χ1n) is 7.89. The molecule has 0 bridgehead atoms. The van der Waals surface area contributed by atoms with Crippen molar-refractivity contribution >= 4 is 73.8 Å². The van der Waals surface area contributed by atoms with Gasteiger partial charge in [0.15, 0.2) is 5.66 Å². The number of hydrogen-bond acceptors (Lipinski definition) is 6. The van der Waals surface area contributed by atoms with E-state index < -0.39 is 19.2 Å². The van der Waals surface area contributed by atoms with Gasteiger partial charge in [-0.25, -0.2) is 15.8 Å². The van der Waals surface area contributed by atoms with Gasteiger partial charge in [-0.3, -0.25) is 9.36 Å². The number of nitrogens with two attached hydrogens (primary N) is 1. The first kappa shape index (κ1) is 19.5. The quantitative estimate of drug-likeness (QED) is 0.184. The van der Waals surface area contributed by atoms with Gasteiger partial charge < -0.3 is 9.79 Å². The number of aromatic nitrogens is 1. The second-order valence-corrected chi connectivity index (χ2v) is 9.96. The van der Waals surface area contributed by atoms with E-state index in [1.807, 2.05) is 0 Å². The molecule has 144 valence electrons. The molecule has 0 aliphatic carbocycles. The van der Waals surface area contributed by atoms with Crippen molar-refractivity contribution in [3.05, 3.63) is 57.9 Å². The van der Waals surface area contributed by atoms with Gasteiger partial charge in [-0.2, -0.15) is 0 Å². The second kappa shape index (κ2) is 7.20. The zero-order valence-corrected chi connectivity index (χ0v) is 17.3. The Hall–Kier alpha value is -1.84. The Labute approximate surface area is 172 Å². The Morgan fingerprint density at radius 1 is 1.18 bits per heavy atom. The maximum atomic E-state index is 13.1. The van der Waals surface area contributed by atoms with Crippen LogP contribution in [0.25, 0.3) is 20.3 Å². The molecule has 0 aliphatic rings. The van der Waals surface area contributed by atoms with Gasteiger partial charge in [-0.15, -0.1) is 22.7 Å². The van der Waals surface area contributed by atoms with Gasteiger partial charge in [-0.05, 0) is 52.7 Å². The molecule has 11 heteroatoms. The minimum Gasteiger partial charge on any atom is -0.324 e. The molecule has 4 rings (SSSR count). The second-order valence-electron chi connectivity index (χ2n) is 6.04. The number of thiazole rings is 1. The fourth-order valence-electron chi connectivity index (χ4n) is 2.95. The lowest BCUT2D eigenvalue weighted by Crippen LogP contribution is -2.40. The molecule has 0 radical (unpaired) electrons. The minimum atomic E-state index is -4.87. The van der Waals surface area contributed by atoms with E-state index >= 15 is 0 Å². The van der Waals surface area contributed by atoms with Crippen LogP contribution < -0.4 is 10.9 Å². The number of benzene rings is 2. The van der Waals surface area contributed by atoms with Crippen LogP contribution in [0.5, 0.6) is 0 Å². The van der Waals surface area contributed by atoms with Gasteiger partial charge >= 0.3 is 7.60 Å². The zero-order valence-electron chi connectivity index (χ0n) is 14.0. The number of hydrazine groups is 1. The van der Waals surface area contributed by atoms with Crippen LogP contribution in [-0.2, 0) is 9.36 Å². The number of hydrogen-bond donors (Lipinski definition) is 3. The highest BCUT2D eigenvalue weighted by atomic mass is 35.5. The Balaban J connectivity index is 1.79. The summed E-state index contributed by atoms with van der Waals surface area (Å²) in [5.41, 5.74) is 1.06. The van der Waals surface area contributed by atoms with E-state index in [0.717, 1.165) is 14.4 Å². The predicted molar refractivity (Wildman–Crippen MR) is 113 cm³/mol. The lowest BCUT2D eigenvalue weighted by atomic mass is 10.1. The monoisotopic (exact) mass is 453 g/mol. The predicted octanol–water partition coefficient (Wildman–Crippen LogP) is 4.29. The molecule has 1 amide bonds. The summed E-state index contributed by atoms with van der Waals surface area (Å²) in [5.74, 6) is 5.06. The molecule has 1 unspecified atom stereocenters. The lowest BCUT2D eigenvalue weighted by molar-refractivity contribution is -0.118. The van der Waals surface area contributed by atoms with Gasteiger partial charge in [0.05, 0.1) is 21.4 Å². The van der Waals surface area contributed by atoms with Crippen LogP contribution in [0.4, 0.5) is 5.69 Å². The molecule has 0 aliphatic heterocycles. The molecule has 0 saturated carbocycles. The zero-order chi connectivity index (χ0) is 20.1. The summed E-state index contributed by atoms with van der Waals surface area (Å²) >= 11 is 8.74. The first-order chi connectivity index (χ1) is 13.3. The van der Waals surface area contributed by atoms with E-state index in [2.05, 4.69) is 4.98 Å². The molecule has 4 aromatic rings. The van der Waals surface area contributed by atoms with Crippen molar-refractivity contribution in [1.82, 2.24) is 4.98 Å². The fraction of sp³-hybridized carbons (Fsp3) is 0.0588. The fourth-order valence-corrected chi connectivity index (χ4v) is 5.83. The summed E-state index contributed by atoms with van der Waals surface area (Å²) in [6.07, 6.45) is 0. The Morgan fingerprint density at radius 3 is 2.68 bits per heavy atom.